The summed E-state index contributed by atoms with van der Waals surface area (Å²) in [6, 6.07) is 8.08. The molecule has 1 aliphatic rings. The van der Waals surface area contributed by atoms with Gasteiger partial charge < -0.3 is 10.6 Å². The lowest BCUT2D eigenvalue weighted by Gasteiger charge is -2.23. The maximum absolute atomic E-state index is 12.0. The molecule has 1 amide bonds. The first-order valence-corrected chi connectivity index (χ1v) is 7.56. The molecule has 20 heavy (non-hydrogen) atoms. The fraction of sp³-hybridized carbons (Fsp3) is 0.588. The van der Waals surface area contributed by atoms with Crippen molar-refractivity contribution >= 4 is 5.91 Å². The molecule has 0 saturated carbocycles. The van der Waals surface area contributed by atoms with Gasteiger partial charge in [-0.3, -0.25) is 4.79 Å². The minimum atomic E-state index is -0.190. The monoisotopic (exact) mass is 274 g/mol. The van der Waals surface area contributed by atoms with Gasteiger partial charge >= 0.3 is 0 Å². The number of amides is 1. The fourth-order valence-electron chi connectivity index (χ4n) is 2.62. The van der Waals surface area contributed by atoms with E-state index in [1.165, 1.54) is 18.4 Å². The molecule has 0 aromatic heterocycles. The minimum absolute atomic E-state index is 0.00548. The predicted octanol–water partition coefficient (Wildman–Crippen LogP) is 2.76. The molecule has 1 heterocycles. The summed E-state index contributed by atoms with van der Waals surface area (Å²) in [5.74, 6) is 0.788. The van der Waals surface area contributed by atoms with Crippen molar-refractivity contribution in [2.24, 2.45) is 5.92 Å². The summed E-state index contributed by atoms with van der Waals surface area (Å²) in [6.45, 7) is 8.26. The molecule has 110 valence electrons. The second-order valence-corrected chi connectivity index (χ2v) is 6.80. The van der Waals surface area contributed by atoms with Crippen molar-refractivity contribution in [3.8, 4) is 0 Å². The highest BCUT2D eigenvalue weighted by Gasteiger charge is 2.16. The maximum atomic E-state index is 12.0. The number of carbonyl (C=O) groups excluding carboxylic acids is 1. The van der Waals surface area contributed by atoms with E-state index in [0.717, 1.165) is 31.0 Å². The van der Waals surface area contributed by atoms with Gasteiger partial charge in [0.05, 0.1) is 0 Å². The van der Waals surface area contributed by atoms with Crippen LogP contribution < -0.4 is 10.6 Å². The lowest BCUT2D eigenvalue weighted by atomic mass is 9.91. The predicted molar refractivity (Wildman–Crippen MR) is 83.0 cm³/mol. The first kappa shape index (κ1) is 15.0. The summed E-state index contributed by atoms with van der Waals surface area (Å²) in [5.41, 5.74) is 1.89. The quantitative estimate of drug-likeness (QED) is 0.890. The Morgan fingerprint density at radius 2 is 1.80 bits per heavy atom. The summed E-state index contributed by atoms with van der Waals surface area (Å²) < 4.78 is 0. The molecular formula is C17H26N2O. The normalized spacial score (nSPS) is 16.9. The number of benzene rings is 1. The maximum Gasteiger partial charge on any atom is 0.251 e. The van der Waals surface area contributed by atoms with Crippen LogP contribution in [-0.2, 0) is 6.42 Å². The Bertz CT molecular complexity index is 439. The van der Waals surface area contributed by atoms with E-state index in [0.29, 0.717) is 0 Å². The first-order chi connectivity index (χ1) is 9.44. The van der Waals surface area contributed by atoms with E-state index in [-0.39, 0.29) is 11.4 Å². The van der Waals surface area contributed by atoms with Crippen LogP contribution in [0.15, 0.2) is 24.3 Å². The first-order valence-electron chi connectivity index (χ1n) is 7.56. The molecule has 1 saturated heterocycles. The van der Waals surface area contributed by atoms with Crippen LogP contribution in [0.1, 0.15) is 49.5 Å². The largest absolute Gasteiger partial charge is 0.347 e. The molecule has 3 heteroatoms. The van der Waals surface area contributed by atoms with Crippen LogP contribution in [0.4, 0.5) is 0 Å². The van der Waals surface area contributed by atoms with Crippen molar-refractivity contribution in [1.82, 2.24) is 10.6 Å². The van der Waals surface area contributed by atoms with Gasteiger partial charge in [-0.15, -0.1) is 0 Å². The number of nitrogens with one attached hydrogen (secondary N) is 2. The molecule has 1 aliphatic heterocycles. The van der Waals surface area contributed by atoms with Gasteiger partial charge in [0.15, 0.2) is 0 Å². The fourth-order valence-corrected chi connectivity index (χ4v) is 2.62. The lowest BCUT2D eigenvalue weighted by molar-refractivity contribution is 0.0919. The van der Waals surface area contributed by atoms with E-state index in [1.807, 2.05) is 32.9 Å². The third-order valence-electron chi connectivity index (χ3n) is 3.69. The number of hydrogen-bond acceptors (Lipinski definition) is 2. The van der Waals surface area contributed by atoms with Gasteiger partial charge in [-0.05, 0) is 76.7 Å². The molecule has 2 N–H and O–H groups in total. The van der Waals surface area contributed by atoms with Gasteiger partial charge in [0.2, 0.25) is 0 Å². The van der Waals surface area contributed by atoms with E-state index < -0.39 is 0 Å². The van der Waals surface area contributed by atoms with Crippen LogP contribution in [0.25, 0.3) is 0 Å². The average molecular weight is 274 g/mol. The van der Waals surface area contributed by atoms with Gasteiger partial charge in [-0.25, -0.2) is 0 Å². The van der Waals surface area contributed by atoms with E-state index in [1.54, 1.807) is 0 Å². The highest BCUT2D eigenvalue weighted by atomic mass is 16.1. The van der Waals surface area contributed by atoms with Crippen LogP contribution in [-0.4, -0.2) is 24.5 Å². The van der Waals surface area contributed by atoms with Crippen LogP contribution in [0.3, 0.4) is 0 Å². The molecule has 0 spiro atoms. The third kappa shape index (κ3) is 4.64. The van der Waals surface area contributed by atoms with Crippen molar-refractivity contribution in [3.05, 3.63) is 35.4 Å². The second kappa shape index (κ2) is 6.40. The number of piperidine rings is 1. The molecular weight excluding hydrogens is 248 g/mol. The Kier molecular flexibility index (Phi) is 4.81. The molecule has 1 fully saturated rings. The molecule has 1 aromatic carbocycles. The molecule has 2 rings (SSSR count). The van der Waals surface area contributed by atoms with Crippen molar-refractivity contribution in [2.75, 3.05) is 13.1 Å². The molecule has 0 aliphatic carbocycles. The summed E-state index contributed by atoms with van der Waals surface area (Å²) >= 11 is 0. The summed E-state index contributed by atoms with van der Waals surface area (Å²) in [5, 5.41) is 6.38. The Morgan fingerprint density at radius 1 is 1.20 bits per heavy atom. The summed E-state index contributed by atoms with van der Waals surface area (Å²) in [4.78, 5) is 12.0. The van der Waals surface area contributed by atoms with E-state index in [9.17, 15) is 4.79 Å². The standard InChI is InChI=1S/C17H26N2O/c1-17(2,3)19-16(20)15-6-4-13(5-7-15)12-14-8-10-18-11-9-14/h4-7,14,18H,8-12H2,1-3H3,(H,19,20). The van der Waals surface area contributed by atoms with Gasteiger partial charge in [-0.2, -0.15) is 0 Å². The smallest absolute Gasteiger partial charge is 0.251 e. The van der Waals surface area contributed by atoms with E-state index in [2.05, 4.69) is 22.8 Å². The number of carbonyl (C=O) groups is 1. The van der Waals surface area contributed by atoms with Crippen molar-refractivity contribution in [3.63, 3.8) is 0 Å². The Hall–Kier alpha value is -1.35. The van der Waals surface area contributed by atoms with E-state index >= 15 is 0 Å². The molecule has 1 aromatic rings. The molecule has 0 bridgehead atoms. The highest BCUT2D eigenvalue weighted by Crippen LogP contribution is 2.18. The summed E-state index contributed by atoms with van der Waals surface area (Å²) in [7, 11) is 0. The average Bonchev–Trinajstić information content (AvgIpc) is 2.39. The molecule has 0 unspecified atom stereocenters. The third-order valence-corrected chi connectivity index (χ3v) is 3.69. The van der Waals surface area contributed by atoms with Crippen molar-refractivity contribution in [1.29, 1.82) is 0 Å². The Morgan fingerprint density at radius 3 is 2.35 bits per heavy atom. The zero-order valence-corrected chi connectivity index (χ0v) is 12.8. The Labute approximate surface area is 122 Å². The van der Waals surface area contributed by atoms with Crippen LogP contribution >= 0.6 is 0 Å². The minimum Gasteiger partial charge on any atom is -0.347 e. The molecule has 0 radical (unpaired) electrons. The number of rotatable bonds is 3. The van der Waals surface area contributed by atoms with Crippen LogP contribution in [0.2, 0.25) is 0 Å². The summed E-state index contributed by atoms with van der Waals surface area (Å²) in [6.07, 6.45) is 3.64. The lowest BCUT2D eigenvalue weighted by Crippen LogP contribution is -2.40. The Balaban J connectivity index is 1.93. The van der Waals surface area contributed by atoms with Crippen molar-refractivity contribution in [2.45, 2.75) is 45.6 Å². The van der Waals surface area contributed by atoms with Crippen LogP contribution in [0, 0.1) is 5.92 Å². The zero-order valence-electron chi connectivity index (χ0n) is 12.8. The van der Waals surface area contributed by atoms with Gasteiger partial charge in [-0.1, -0.05) is 12.1 Å². The topological polar surface area (TPSA) is 41.1 Å². The SMILES string of the molecule is CC(C)(C)NC(=O)c1ccc(CC2CCNCC2)cc1. The molecule has 3 nitrogen and oxygen atoms in total. The van der Waals surface area contributed by atoms with Crippen molar-refractivity contribution < 1.29 is 4.79 Å². The van der Waals surface area contributed by atoms with E-state index in [4.69, 9.17) is 0 Å². The van der Waals surface area contributed by atoms with Gasteiger partial charge in [0, 0.05) is 11.1 Å². The highest BCUT2D eigenvalue weighted by molar-refractivity contribution is 5.94. The van der Waals surface area contributed by atoms with Gasteiger partial charge in [0.1, 0.15) is 0 Å². The zero-order chi connectivity index (χ0) is 14.6. The van der Waals surface area contributed by atoms with Gasteiger partial charge in [0.25, 0.3) is 5.91 Å². The number of hydrogen-bond donors (Lipinski definition) is 2. The second-order valence-electron chi connectivity index (χ2n) is 6.80. The molecule has 0 atom stereocenters. The van der Waals surface area contributed by atoms with Crippen LogP contribution in [0.5, 0.6) is 0 Å².